The third-order valence-corrected chi connectivity index (χ3v) is 3.62. The number of carbonyl (C=O) groups excluding carboxylic acids is 1. The maximum atomic E-state index is 11.1. The first-order valence-corrected chi connectivity index (χ1v) is 5.34. The first-order valence-electron chi connectivity index (χ1n) is 5.34. The van der Waals surface area contributed by atoms with E-state index in [0.29, 0.717) is 12.1 Å². The fraction of sp³-hybridized carbons (Fsp3) is 0.900. The number of piperidine rings is 1. The van der Waals surface area contributed by atoms with Gasteiger partial charge < -0.3 is 10.8 Å². The van der Waals surface area contributed by atoms with Crippen LogP contribution in [-0.2, 0) is 4.79 Å². The van der Waals surface area contributed by atoms with Crippen LogP contribution in [0, 0.1) is 0 Å². The molecular formula is C10H18N2O2. The van der Waals surface area contributed by atoms with Crippen LogP contribution in [0.3, 0.4) is 0 Å². The third kappa shape index (κ3) is 1.53. The highest BCUT2D eigenvalue weighted by molar-refractivity contribution is 5.79. The van der Waals surface area contributed by atoms with Gasteiger partial charge in [0.15, 0.2) is 0 Å². The largest absolute Gasteiger partial charge is 0.393 e. The van der Waals surface area contributed by atoms with Crippen LogP contribution in [0.15, 0.2) is 0 Å². The number of primary amides is 1. The third-order valence-electron chi connectivity index (χ3n) is 3.62. The molecule has 0 aromatic carbocycles. The van der Waals surface area contributed by atoms with Crippen LogP contribution in [0.25, 0.3) is 0 Å². The molecule has 2 rings (SSSR count). The van der Waals surface area contributed by atoms with Crippen LogP contribution in [0.2, 0.25) is 0 Å². The Morgan fingerprint density at radius 2 is 1.93 bits per heavy atom. The Bertz CT molecular complexity index is 230. The quantitative estimate of drug-likeness (QED) is 0.648. The number of nitrogens with two attached hydrogens (primary N) is 1. The van der Waals surface area contributed by atoms with Gasteiger partial charge in [-0.3, -0.25) is 9.69 Å². The number of aliphatic hydroxyl groups is 1. The van der Waals surface area contributed by atoms with Gasteiger partial charge in [-0.15, -0.1) is 0 Å². The van der Waals surface area contributed by atoms with E-state index < -0.39 is 0 Å². The molecule has 0 radical (unpaired) electrons. The van der Waals surface area contributed by atoms with E-state index in [1.807, 2.05) is 6.92 Å². The molecular weight excluding hydrogens is 180 g/mol. The first-order chi connectivity index (χ1) is 6.59. The maximum Gasteiger partial charge on any atom is 0.234 e. The zero-order valence-electron chi connectivity index (χ0n) is 8.52. The van der Waals surface area contributed by atoms with Crippen molar-refractivity contribution in [3.8, 4) is 0 Å². The lowest BCUT2D eigenvalue weighted by Gasteiger charge is -2.39. The summed E-state index contributed by atoms with van der Waals surface area (Å²) in [4.78, 5) is 13.3. The Morgan fingerprint density at radius 3 is 2.36 bits per heavy atom. The highest BCUT2D eigenvalue weighted by atomic mass is 16.3. The van der Waals surface area contributed by atoms with E-state index in [9.17, 15) is 9.90 Å². The van der Waals surface area contributed by atoms with Crippen molar-refractivity contribution in [2.24, 2.45) is 5.73 Å². The van der Waals surface area contributed by atoms with E-state index >= 15 is 0 Å². The molecule has 3 unspecified atom stereocenters. The van der Waals surface area contributed by atoms with Gasteiger partial charge in [0, 0.05) is 12.1 Å². The van der Waals surface area contributed by atoms with Crippen LogP contribution in [0.4, 0.5) is 0 Å². The summed E-state index contributed by atoms with van der Waals surface area (Å²) in [6.45, 7) is 1.87. The molecule has 1 amide bonds. The number of nitrogens with zero attached hydrogens (tertiary/aromatic N) is 1. The minimum atomic E-state index is -0.252. The van der Waals surface area contributed by atoms with E-state index in [0.717, 1.165) is 25.7 Å². The normalized spacial score (nSPS) is 39.7. The van der Waals surface area contributed by atoms with E-state index in [4.69, 9.17) is 5.73 Å². The summed E-state index contributed by atoms with van der Waals surface area (Å²) in [6, 6.07) is 0.553. The molecule has 0 aromatic rings. The predicted octanol–water partition coefficient (Wildman–Crippen LogP) is -0.152. The summed E-state index contributed by atoms with van der Waals surface area (Å²) >= 11 is 0. The molecule has 2 fully saturated rings. The van der Waals surface area contributed by atoms with E-state index in [2.05, 4.69) is 4.90 Å². The summed E-state index contributed by atoms with van der Waals surface area (Å²) in [5.74, 6) is -0.252. The monoisotopic (exact) mass is 198 g/mol. The smallest absolute Gasteiger partial charge is 0.234 e. The number of amides is 1. The van der Waals surface area contributed by atoms with E-state index in [1.54, 1.807) is 0 Å². The summed E-state index contributed by atoms with van der Waals surface area (Å²) in [5.41, 5.74) is 5.31. The second-order valence-electron chi connectivity index (χ2n) is 4.54. The fourth-order valence-electron chi connectivity index (χ4n) is 2.96. The van der Waals surface area contributed by atoms with E-state index in [1.165, 1.54) is 0 Å². The molecule has 3 N–H and O–H groups in total. The number of fused-ring (bicyclic) bond motifs is 2. The highest BCUT2D eigenvalue weighted by Gasteiger charge is 2.43. The maximum absolute atomic E-state index is 11.1. The van der Waals surface area contributed by atoms with Gasteiger partial charge in [0.05, 0.1) is 12.1 Å². The van der Waals surface area contributed by atoms with Gasteiger partial charge in [-0.25, -0.2) is 0 Å². The molecule has 0 aliphatic carbocycles. The van der Waals surface area contributed by atoms with Crippen molar-refractivity contribution in [3.05, 3.63) is 0 Å². The van der Waals surface area contributed by atoms with Gasteiger partial charge in [0.2, 0.25) is 5.91 Å². The zero-order valence-corrected chi connectivity index (χ0v) is 8.52. The molecule has 4 heteroatoms. The Balaban J connectivity index is 2.11. The van der Waals surface area contributed by atoms with Crippen LogP contribution < -0.4 is 5.73 Å². The number of rotatable bonds is 2. The summed E-state index contributed by atoms with van der Waals surface area (Å²) in [6.07, 6.45) is 3.62. The number of hydrogen-bond acceptors (Lipinski definition) is 3. The number of carbonyl (C=O) groups is 1. The van der Waals surface area contributed by atoms with Crippen LogP contribution in [0.5, 0.6) is 0 Å². The average molecular weight is 198 g/mol. The molecule has 2 aliphatic heterocycles. The van der Waals surface area contributed by atoms with Gasteiger partial charge in [0.1, 0.15) is 0 Å². The fourth-order valence-corrected chi connectivity index (χ4v) is 2.96. The van der Waals surface area contributed by atoms with Crippen molar-refractivity contribution in [3.63, 3.8) is 0 Å². The molecule has 4 nitrogen and oxygen atoms in total. The second kappa shape index (κ2) is 3.51. The van der Waals surface area contributed by atoms with Crippen LogP contribution in [-0.4, -0.2) is 40.1 Å². The lowest BCUT2D eigenvalue weighted by atomic mass is 9.98. The van der Waals surface area contributed by atoms with Crippen molar-refractivity contribution in [1.29, 1.82) is 0 Å². The molecule has 0 saturated carbocycles. The molecule has 2 bridgehead atoms. The van der Waals surface area contributed by atoms with Crippen molar-refractivity contribution in [2.75, 3.05) is 0 Å². The van der Waals surface area contributed by atoms with Gasteiger partial charge in [-0.05, 0) is 32.6 Å². The second-order valence-corrected chi connectivity index (χ2v) is 4.54. The van der Waals surface area contributed by atoms with Crippen molar-refractivity contribution < 1.29 is 9.90 Å². The minimum Gasteiger partial charge on any atom is -0.393 e. The summed E-state index contributed by atoms with van der Waals surface area (Å²) < 4.78 is 0. The highest BCUT2D eigenvalue weighted by Crippen LogP contribution is 2.36. The van der Waals surface area contributed by atoms with Gasteiger partial charge in [-0.1, -0.05) is 0 Å². The standard InChI is InChI=1S/C10H18N2O2/c1-6(10(11)14)12-7-2-3-8(12)5-9(13)4-7/h6-9,13H,2-5H2,1H3,(H2,11,14). The number of aliphatic hydroxyl groups excluding tert-OH is 1. The summed E-state index contributed by atoms with van der Waals surface area (Å²) in [7, 11) is 0. The molecule has 2 saturated heterocycles. The molecule has 2 aliphatic rings. The zero-order chi connectivity index (χ0) is 10.3. The minimum absolute atomic E-state index is 0.177. The molecule has 0 spiro atoms. The Hall–Kier alpha value is -0.610. The topological polar surface area (TPSA) is 66.6 Å². The SMILES string of the molecule is CC(C(N)=O)N1C2CCC1CC(O)C2. The Labute approximate surface area is 84.1 Å². The molecule has 14 heavy (non-hydrogen) atoms. The first kappa shape index (κ1) is 9.93. The molecule has 0 aromatic heterocycles. The lowest BCUT2D eigenvalue weighted by Crippen LogP contribution is -2.53. The van der Waals surface area contributed by atoms with Gasteiger partial charge in [0.25, 0.3) is 0 Å². The Morgan fingerprint density at radius 1 is 1.43 bits per heavy atom. The number of hydrogen-bond donors (Lipinski definition) is 2. The van der Waals surface area contributed by atoms with Crippen molar-refractivity contribution >= 4 is 5.91 Å². The summed E-state index contributed by atoms with van der Waals surface area (Å²) in [5, 5.41) is 9.59. The van der Waals surface area contributed by atoms with Gasteiger partial charge >= 0.3 is 0 Å². The lowest BCUT2D eigenvalue weighted by molar-refractivity contribution is -0.125. The van der Waals surface area contributed by atoms with Gasteiger partial charge in [-0.2, -0.15) is 0 Å². The van der Waals surface area contributed by atoms with Crippen molar-refractivity contribution in [1.82, 2.24) is 4.90 Å². The van der Waals surface area contributed by atoms with Crippen molar-refractivity contribution in [2.45, 2.75) is 56.8 Å². The van der Waals surface area contributed by atoms with Crippen LogP contribution >= 0.6 is 0 Å². The van der Waals surface area contributed by atoms with Crippen LogP contribution in [0.1, 0.15) is 32.6 Å². The average Bonchev–Trinajstić information content (AvgIpc) is 2.37. The van der Waals surface area contributed by atoms with E-state index in [-0.39, 0.29) is 18.1 Å². The Kier molecular flexibility index (Phi) is 2.49. The molecule has 2 heterocycles. The molecule has 3 atom stereocenters. The predicted molar refractivity (Wildman–Crippen MR) is 52.5 cm³/mol. The molecule has 80 valence electrons.